The molecule has 0 radical (unpaired) electrons. The van der Waals surface area contributed by atoms with Gasteiger partial charge in [0.15, 0.2) is 16.6 Å². The van der Waals surface area contributed by atoms with Gasteiger partial charge in [-0.1, -0.05) is 36.4 Å². The van der Waals surface area contributed by atoms with E-state index >= 15 is 0 Å². The summed E-state index contributed by atoms with van der Waals surface area (Å²) in [6, 6.07) is 10.8. The van der Waals surface area contributed by atoms with Gasteiger partial charge in [0.1, 0.15) is 11.5 Å². The fourth-order valence-electron chi connectivity index (χ4n) is 4.15. The maximum absolute atomic E-state index is 13.3. The monoisotopic (exact) mass is 562 g/mol. The largest absolute Gasteiger partial charge is 0.455 e. The molecule has 2 aromatic rings. The molecule has 0 atom stereocenters. The van der Waals surface area contributed by atoms with E-state index in [-0.39, 0.29) is 11.5 Å². The van der Waals surface area contributed by atoms with Crippen LogP contribution in [0.2, 0.25) is 38.3 Å². The fraction of sp³-hybridized carbons (Fsp3) is 0.385. The van der Waals surface area contributed by atoms with Crippen molar-refractivity contribution < 1.29 is 39.9 Å². The molecule has 0 aliphatic carbocycles. The number of para-hydroxylation sites is 2. The van der Waals surface area contributed by atoms with Gasteiger partial charge >= 0.3 is 24.2 Å². The van der Waals surface area contributed by atoms with Crippen molar-refractivity contribution in [2.75, 3.05) is 0 Å². The summed E-state index contributed by atoms with van der Waals surface area (Å²) < 4.78 is 92.2. The van der Waals surface area contributed by atoms with Crippen LogP contribution in [0.1, 0.15) is 24.0 Å². The van der Waals surface area contributed by atoms with Gasteiger partial charge < -0.3 is 13.6 Å². The van der Waals surface area contributed by atoms with E-state index in [2.05, 4.69) is 35.7 Å². The molecule has 3 nitrogen and oxygen atoms in total. The van der Waals surface area contributed by atoms with E-state index in [1.54, 1.807) is 36.4 Å². The quantitative estimate of drug-likeness (QED) is 0.130. The van der Waals surface area contributed by atoms with Crippen LogP contribution < -0.4 is 9.47 Å². The summed E-state index contributed by atoms with van der Waals surface area (Å²) in [6.45, 7) is 8.48. The minimum absolute atomic E-state index is 0.0665. The molecule has 2 aromatic carbocycles. The van der Waals surface area contributed by atoms with Gasteiger partial charge in [-0.15, -0.1) is 0 Å². The smallest absolute Gasteiger partial charge is 0.344 e. The average molecular weight is 563 g/mol. The van der Waals surface area contributed by atoms with Gasteiger partial charge in [-0.05, 0) is 87.2 Å². The molecule has 0 aromatic heterocycles. The number of rotatable bonds is 14. The Balaban J connectivity index is 1.89. The first-order valence-electron chi connectivity index (χ1n) is 11.9. The highest BCUT2D eigenvalue weighted by Crippen LogP contribution is 2.29. The van der Waals surface area contributed by atoms with Crippen molar-refractivity contribution in [3.05, 3.63) is 83.8 Å². The molecule has 0 saturated heterocycles. The van der Waals surface area contributed by atoms with E-state index in [0.717, 1.165) is 24.9 Å². The van der Waals surface area contributed by atoms with E-state index in [9.17, 15) is 26.3 Å². The Bertz CT molecular complexity index is 1010. The predicted molar refractivity (Wildman–Crippen MR) is 137 cm³/mol. The van der Waals surface area contributed by atoms with E-state index in [1.165, 1.54) is 12.1 Å². The van der Waals surface area contributed by atoms with Crippen molar-refractivity contribution in [1.82, 2.24) is 0 Å². The summed E-state index contributed by atoms with van der Waals surface area (Å²) in [6.07, 6.45) is -2.50. The summed E-state index contributed by atoms with van der Waals surface area (Å²) in [4.78, 5) is 0. The van der Waals surface area contributed by atoms with Crippen LogP contribution in [-0.4, -0.2) is 16.6 Å². The van der Waals surface area contributed by atoms with Crippen LogP contribution in [0.4, 0.5) is 26.3 Å². The minimum atomic E-state index is -2.50. The molecule has 0 heterocycles. The highest BCUT2D eigenvalue weighted by Gasteiger charge is 2.32. The van der Waals surface area contributed by atoms with Crippen molar-refractivity contribution in [3.8, 4) is 11.5 Å². The third-order valence-electron chi connectivity index (χ3n) is 5.64. The normalized spacial score (nSPS) is 11.7. The molecular formula is C26H32F6O3Si2. The lowest BCUT2D eigenvalue weighted by Crippen LogP contribution is -2.44. The Morgan fingerprint density at radius 3 is 1.30 bits per heavy atom. The molecular weight excluding hydrogens is 530 g/mol. The second kappa shape index (κ2) is 13.9. The molecule has 0 N–H and O–H groups in total. The SMILES string of the molecule is C[Si](C)(CCCc1ccccc1OC(F)=C(F)F)O[Si](C)(C)CCCc1ccccc1OC(F)=C(F)F. The first-order chi connectivity index (χ1) is 17.3. The number of aryl methyl sites for hydroxylation is 2. The third kappa shape index (κ3) is 10.8. The molecule has 2 rings (SSSR count). The van der Waals surface area contributed by atoms with E-state index in [1.807, 2.05) is 0 Å². The van der Waals surface area contributed by atoms with Crippen molar-refractivity contribution in [2.45, 2.75) is 64.0 Å². The molecule has 0 unspecified atom stereocenters. The summed E-state index contributed by atoms with van der Waals surface area (Å²) in [5.74, 6) is 0.133. The van der Waals surface area contributed by atoms with E-state index < -0.39 is 40.8 Å². The molecule has 37 heavy (non-hydrogen) atoms. The molecule has 0 saturated carbocycles. The lowest BCUT2D eigenvalue weighted by atomic mass is 10.1. The van der Waals surface area contributed by atoms with Gasteiger partial charge in [0, 0.05) is 0 Å². The third-order valence-corrected chi connectivity index (χ3v) is 13.2. The Hall–Kier alpha value is -2.51. The highest BCUT2D eigenvalue weighted by atomic mass is 28.4. The number of hydrogen-bond acceptors (Lipinski definition) is 3. The Morgan fingerprint density at radius 1 is 0.595 bits per heavy atom. The maximum Gasteiger partial charge on any atom is 0.344 e. The van der Waals surface area contributed by atoms with E-state index in [0.29, 0.717) is 24.0 Å². The number of hydrogen-bond donors (Lipinski definition) is 0. The lowest BCUT2D eigenvalue weighted by molar-refractivity contribution is 0.239. The summed E-state index contributed by atoms with van der Waals surface area (Å²) >= 11 is 0. The minimum Gasteiger partial charge on any atom is -0.455 e. The van der Waals surface area contributed by atoms with Crippen LogP contribution >= 0.6 is 0 Å². The predicted octanol–water partition coefficient (Wildman–Crippen LogP) is 9.51. The molecule has 204 valence electrons. The molecule has 0 aliphatic heterocycles. The van der Waals surface area contributed by atoms with Crippen LogP contribution in [-0.2, 0) is 17.0 Å². The van der Waals surface area contributed by atoms with Gasteiger partial charge in [0.05, 0.1) is 0 Å². The van der Waals surface area contributed by atoms with Gasteiger partial charge in [0.2, 0.25) is 0 Å². The molecule has 0 bridgehead atoms. The molecule has 0 fully saturated rings. The number of halogens is 6. The van der Waals surface area contributed by atoms with Crippen molar-refractivity contribution in [2.24, 2.45) is 0 Å². The number of benzene rings is 2. The fourth-order valence-corrected chi connectivity index (χ4v) is 13.0. The van der Waals surface area contributed by atoms with Gasteiger partial charge in [-0.25, -0.2) is 0 Å². The molecule has 0 aliphatic rings. The first-order valence-corrected chi connectivity index (χ1v) is 18.2. The average Bonchev–Trinajstić information content (AvgIpc) is 2.80. The Morgan fingerprint density at radius 2 is 0.946 bits per heavy atom. The topological polar surface area (TPSA) is 27.7 Å². The standard InChI is InChI=1S/C26H32F6O3Si2/c1-36(2,17-9-13-19-11-5-7-15-21(19)33-25(31)23(27)28)35-37(3,4)18-10-14-20-12-6-8-16-22(20)34-26(32)24(29)30/h5-8,11-12,15-16H,9-10,13-14,17-18H2,1-4H3. The molecule has 0 spiro atoms. The van der Waals surface area contributed by atoms with Crippen molar-refractivity contribution >= 4 is 16.6 Å². The zero-order chi connectivity index (χ0) is 27.6. The first kappa shape index (κ1) is 30.7. The number of ether oxygens (including phenoxy) is 2. The van der Waals surface area contributed by atoms with E-state index in [4.69, 9.17) is 4.12 Å². The summed E-state index contributed by atoms with van der Waals surface area (Å²) in [7, 11) is -4.16. The van der Waals surface area contributed by atoms with Gasteiger partial charge in [-0.2, -0.15) is 26.3 Å². The van der Waals surface area contributed by atoms with Crippen LogP contribution in [0.25, 0.3) is 0 Å². The summed E-state index contributed by atoms with van der Waals surface area (Å²) in [5.41, 5.74) is 1.28. The van der Waals surface area contributed by atoms with Gasteiger partial charge in [0.25, 0.3) is 0 Å². The van der Waals surface area contributed by atoms with Crippen LogP contribution in [0.5, 0.6) is 11.5 Å². The van der Waals surface area contributed by atoms with Crippen molar-refractivity contribution in [1.29, 1.82) is 0 Å². The van der Waals surface area contributed by atoms with Gasteiger partial charge in [-0.3, -0.25) is 0 Å². The van der Waals surface area contributed by atoms with Crippen LogP contribution in [0, 0.1) is 0 Å². The zero-order valence-electron chi connectivity index (χ0n) is 21.4. The second-order valence-electron chi connectivity index (χ2n) is 9.82. The maximum atomic E-state index is 13.3. The molecule has 0 amide bonds. The Kier molecular flexibility index (Phi) is 11.5. The molecule has 11 heteroatoms. The Labute approximate surface area is 216 Å². The summed E-state index contributed by atoms with van der Waals surface area (Å²) in [5, 5.41) is 0. The zero-order valence-corrected chi connectivity index (χ0v) is 23.4. The van der Waals surface area contributed by atoms with Crippen molar-refractivity contribution in [3.63, 3.8) is 0 Å². The van der Waals surface area contributed by atoms with Crippen LogP contribution in [0.15, 0.2) is 72.7 Å². The second-order valence-corrected chi connectivity index (χ2v) is 18.7. The van der Waals surface area contributed by atoms with Crippen LogP contribution in [0.3, 0.4) is 0 Å². The lowest BCUT2D eigenvalue weighted by Gasteiger charge is -2.34. The highest BCUT2D eigenvalue weighted by molar-refractivity contribution is 6.84.